The number of carbonyl (C=O) groups is 1. The molecule has 0 heterocycles. The fraction of sp³-hybridized carbons (Fsp3) is 0.600. The van der Waals surface area contributed by atoms with Gasteiger partial charge in [-0.3, -0.25) is 9.79 Å². The van der Waals surface area contributed by atoms with E-state index in [0.717, 1.165) is 36.0 Å². The summed E-state index contributed by atoms with van der Waals surface area (Å²) in [5.41, 5.74) is 0.805. The molecule has 0 bridgehead atoms. The highest BCUT2D eigenvalue weighted by molar-refractivity contribution is 9.10. The van der Waals surface area contributed by atoms with Crippen molar-refractivity contribution in [1.29, 1.82) is 0 Å². The summed E-state index contributed by atoms with van der Waals surface area (Å²) in [6, 6.07) is 7.50. The molecule has 0 fully saturated rings. The largest absolute Gasteiger partial charge is 0.396 e. The zero-order valence-corrected chi connectivity index (χ0v) is 18.2. The maximum absolute atomic E-state index is 12.1. The van der Waals surface area contributed by atoms with Gasteiger partial charge in [-0.05, 0) is 55.9 Å². The van der Waals surface area contributed by atoms with Crippen LogP contribution in [0.25, 0.3) is 0 Å². The number of rotatable bonds is 11. The van der Waals surface area contributed by atoms with Crippen LogP contribution < -0.4 is 16.0 Å². The second kappa shape index (κ2) is 12.7. The van der Waals surface area contributed by atoms with Gasteiger partial charge in [0.15, 0.2) is 5.96 Å². The fourth-order valence-corrected chi connectivity index (χ4v) is 3.05. The average Bonchev–Trinajstić information content (AvgIpc) is 2.67. The number of aliphatic hydroxyl groups excluding tert-OH is 1. The third-order valence-electron chi connectivity index (χ3n) is 4.83. The summed E-state index contributed by atoms with van der Waals surface area (Å²) < 4.78 is 0.977. The van der Waals surface area contributed by atoms with Crippen LogP contribution in [0.2, 0.25) is 0 Å². The minimum Gasteiger partial charge on any atom is -0.396 e. The summed E-state index contributed by atoms with van der Waals surface area (Å²) in [4.78, 5) is 16.8. The molecule has 27 heavy (non-hydrogen) atoms. The standard InChI is InChI=1S/C20H33BrN4O2/c1-4-20(5-2,12-14-26)15-24-19(22-6-3)23-13-11-18(27)25-17-9-7-16(21)8-10-17/h7-10,26H,4-6,11-15H2,1-3H3,(H,25,27)(H2,22,23,24). The van der Waals surface area contributed by atoms with Crippen molar-refractivity contribution in [2.45, 2.75) is 46.5 Å². The van der Waals surface area contributed by atoms with E-state index in [4.69, 9.17) is 0 Å². The quantitative estimate of drug-likeness (QED) is 0.313. The number of guanidine groups is 1. The lowest BCUT2D eigenvalue weighted by Gasteiger charge is -2.29. The van der Waals surface area contributed by atoms with Crippen molar-refractivity contribution in [3.8, 4) is 0 Å². The van der Waals surface area contributed by atoms with E-state index >= 15 is 0 Å². The van der Waals surface area contributed by atoms with Crippen LogP contribution in [-0.2, 0) is 4.79 Å². The van der Waals surface area contributed by atoms with Gasteiger partial charge in [0.05, 0.1) is 0 Å². The van der Waals surface area contributed by atoms with Crippen molar-refractivity contribution in [3.63, 3.8) is 0 Å². The number of halogens is 1. The number of nitrogens with one attached hydrogen (secondary N) is 3. The molecule has 6 nitrogen and oxygen atoms in total. The van der Waals surface area contributed by atoms with Gasteiger partial charge in [-0.15, -0.1) is 0 Å². The summed E-state index contributed by atoms with van der Waals surface area (Å²) >= 11 is 3.38. The van der Waals surface area contributed by atoms with Gasteiger partial charge in [0.2, 0.25) is 5.91 Å². The van der Waals surface area contributed by atoms with Gasteiger partial charge in [-0.25, -0.2) is 0 Å². The predicted molar refractivity (Wildman–Crippen MR) is 116 cm³/mol. The molecule has 152 valence electrons. The van der Waals surface area contributed by atoms with Crippen LogP contribution in [0.15, 0.2) is 33.7 Å². The Hall–Kier alpha value is -1.60. The summed E-state index contributed by atoms with van der Waals surface area (Å²) in [5, 5.41) is 18.7. The minimum atomic E-state index is -0.0441. The fourth-order valence-electron chi connectivity index (χ4n) is 2.78. The van der Waals surface area contributed by atoms with E-state index in [1.54, 1.807) is 0 Å². The monoisotopic (exact) mass is 440 g/mol. The first-order valence-corrected chi connectivity index (χ1v) is 10.5. The molecule has 0 aliphatic carbocycles. The normalized spacial score (nSPS) is 12.0. The number of anilines is 1. The van der Waals surface area contributed by atoms with Crippen molar-refractivity contribution < 1.29 is 9.90 Å². The van der Waals surface area contributed by atoms with Gasteiger partial charge < -0.3 is 21.1 Å². The smallest absolute Gasteiger partial charge is 0.226 e. The van der Waals surface area contributed by atoms with E-state index in [-0.39, 0.29) is 17.9 Å². The molecule has 0 saturated carbocycles. The van der Waals surface area contributed by atoms with Gasteiger partial charge >= 0.3 is 0 Å². The Morgan fingerprint density at radius 2 is 1.81 bits per heavy atom. The SMILES string of the molecule is CCNC(=NCC(CC)(CC)CCO)NCCC(=O)Nc1ccc(Br)cc1. The molecule has 0 aromatic heterocycles. The maximum atomic E-state index is 12.1. The highest BCUT2D eigenvalue weighted by atomic mass is 79.9. The van der Waals surface area contributed by atoms with Crippen LogP contribution in [0.1, 0.15) is 46.5 Å². The van der Waals surface area contributed by atoms with Crippen LogP contribution >= 0.6 is 15.9 Å². The molecule has 4 N–H and O–H groups in total. The van der Waals surface area contributed by atoms with Crippen LogP contribution in [-0.4, -0.2) is 43.2 Å². The molecular formula is C20H33BrN4O2. The topological polar surface area (TPSA) is 85.8 Å². The Labute approximate surface area is 171 Å². The molecule has 1 aromatic rings. The zero-order chi connectivity index (χ0) is 20.1. The number of nitrogens with zero attached hydrogens (tertiary/aromatic N) is 1. The summed E-state index contributed by atoms with van der Waals surface area (Å²) in [6.07, 6.45) is 3.05. The Morgan fingerprint density at radius 1 is 1.15 bits per heavy atom. The van der Waals surface area contributed by atoms with E-state index in [2.05, 4.69) is 50.7 Å². The van der Waals surface area contributed by atoms with Crippen LogP contribution in [0, 0.1) is 5.41 Å². The van der Waals surface area contributed by atoms with E-state index in [1.807, 2.05) is 31.2 Å². The second-order valence-corrected chi connectivity index (χ2v) is 7.52. The summed E-state index contributed by atoms with van der Waals surface area (Å²) in [7, 11) is 0. The average molecular weight is 441 g/mol. The second-order valence-electron chi connectivity index (χ2n) is 6.61. The number of aliphatic imine (C=N–C) groups is 1. The van der Waals surface area contributed by atoms with Crippen molar-refractivity contribution in [3.05, 3.63) is 28.7 Å². The number of hydrogen-bond donors (Lipinski definition) is 4. The number of amides is 1. The molecule has 0 atom stereocenters. The first-order valence-electron chi connectivity index (χ1n) is 9.67. The maximum Gasteiger partial charge on any atom is 0.226 e. The summed E-state index contributed by atoms with van der Waals surface area (Å²) in [5.74, 6) is 0.663. The lowest BCUT2D eigenvalue weighted by Crippen LogP contribution is -2.39. The molecular weight excluding hydrogens is 408 g/mol. The predicted octanol–water partition coefficient (Wildman–Crippen LogP) is 3.52. The molecule has 0 aliphatic rings. The molecule has 0 unspecified atom stereocenters. The van der Waals surface area contributed by atoms with Gasteiger partial charge in [0, 0.05) is 42.8 Å². The van der Waals surface area contributed by atoms with Gasteiger partial charge in [0.25, 0.3) is 0 Å². The van der Waals surface area contributed by atoms with Gasteiger partial charge in [0.1, 0.15) is 0 Å². The van der Waals surface area contributed by atoms with Gasteiger partial charge in [-0.1, -0.05) is 29.8 Å². The zero-order valence-electron chi connectivity index (χ0n) is 16.6. The Morgan fingerprint density at radius 3 is 2.37 bits per heavy atom. The molecule has 7 heteroatoms. The third-order valence-corrected chi connectivity index (χ3v) is 5.36. The lowest BCUT2D eigenvalue weighted by molar-refractivity contribution is -0.116. The highest BCUT2D eigenvalue weighted by Gasteiger charge is 2.25. The molecule has 1 rings (SSSR count). The number of carbonyl (C=O) groups excluding carboxylic acids is 1. The van der Waals surface area contributed by atoms with E-state index < -0.39 is 0 Å². The van der Waals surface area contributed by atoms with Crippen LogP contribution in [0.3, 0.4) is 0 Å². The van der Waals surface area contributed by atoms with Crippen LogP contribution in [0.4, 0.5) is 5.69 Å². The highest BCUT2D eigenvalue weighted by Crippen LogP contribution is 2.30. The summed E-state index contributed by atoms with van der Waals surface area (Å²) in [6.45, 7) is 8.38. The third kappa shape index (κ3) is 8.75. The van der Waals surface area contributed by atoms with E-state index in [9.17, 15) is 9.90 Å². The van der Waals surface area contributed by atoms with Crippen molar-refractivity contribution in [1.82, 2.24) is 10.6 Å². The first kappa shape index (κ1) is 23.4. The lowest BCUT2D eigenvalue weighted by atomic mass is 9.79. The molecule has 0 spiro atoms. The van der Waals surface area contributed by atoms with Crippen molar-refractivity contribution in [2.75, 3.05) is 31.6 Å². The Balaban J connectivity index is 2.53. The Bertz CT molecular complexity index is 586. The molecule has 1 amide bonds. The first-order chi connectivity index (χ1) is 13.0. The number of benzene rings is 1. The van der Waals surface area contributed by atoms with Crippen molar-refractivity contribution >= 4 is 33.5 Å². The Kier molecular flexibility index (Phi) is 11.0. The van der Waals surface area contributed by atoms with Gasteiger partial charge in [-0.2, -0.15) is 0 Å². The molecule has 1 aromatic carbocycles. The van der Waals surface area contributed by atoms with Crippen LogP contribution in [0.5, 0.6) is 0 Å². The minimum absolute atomic E-state index is 0.0239. The molecule has 0 aliphatic heterocycles. The van der Waals surface area contributed by atoms with E-state index in [0.29, 0.717) is 25.5 Å². The number of hydrogen-bond acceptors (Lipinski definition) is 3. The van der Waals surface area contributed by atoms with Crippen molar-refractivity contribution in [2.24, 2.45) is 10.4 Å². The number of aliphatic hydroxyl groups is 1. The molecule has 0 saturated heterocycles. The molecule has 0 radical (unpaired) electrons. The van der Waals surface area contributed by atoms with E-state index in [1.165, 1.54) is 0 Å².